The maximum Gasteiger partial charge on any atom is 0.180 e. The van der Waals surface area contributed by atoms with Crippen molar-refractivity contribution in [1.29, 1.82) is 0 Å². The Balaban J connectivity index is 1.75. The van der Waals surface area contributed by atoms with E-state index in [1.807, 2.05) is 24.4 Å². The van der Waals surface area contributed by atoms with Crippen molar-refractivity contribution in [2.24, 2.45) is 0 Å². The number of nitrogens with zero attached hydrogens (tertiary/aromatic N) is 5. The zero-order chi connectivity index (χ0) is 15.0. The summed E-state index contributed by atoms with van der Waals surface area (Å²) < 4.78 is 1.90. The number of fused-ring (bicyclic) bond motifs is 1. The monoisotopic (exact) mass is 290 g/mol. The van der Waals surface area contributed by atoms with Crippen molar-refractivity contribution in [2.75, 3.05) is 43.4 Å². The second kappa shape index (κ2) is 5.16. The van der Waals surface area contributed by atoms with Crippen molar-refractivity contribution in [1.82, 2.24) is 19.3 Å². The van der Waals surface area contributed by atoms with E-state index in [1.165, 1.54) is 0 Å². The van der Waals surface area contributed by atoms with Gasteiger partial charge in [0.1, 0.15) is 5.82 Å². The Kier molecular flexibility index (Phi) is 3.46. The van der Waals surface area contributed by atoms with Gasteiger partial charge in [-0.2, -0.15) is 0 Å². The predicted molar refractivity (Wildman–Crippen MR) is 82.4 cm³/mol. The lowest BCUT2D eigenvalue weighted by molar-refractivity contribution is 0.0345. The van der Waals surface area contributed by atoms with Gasteiger partial charge < -0.3 is 20.1 Å². The highest BCUT2D eigenvalue weighted by molar-refractivity contribution is 5.66. The Bertz CT molecular complexity index is 624. The molecular weight excluding hydrogens is 268 g/mol. The molecule has 2 aromatic heterocycles. The predicted octanol–water partition coefficient (Wildman–Crippen LogP) is 0.204. The van der Waals surface area contributed by atoms with Gasteiger partial charge in [-0.05, 0) is 13.8 Å². The number of β-amino-alcohol motifs (C(OH)–C–C–N with tert-alkyl or cyclic N) is 1. The van der Waals surface area contributed by atoms with Crippen LogP contribution in [0.2, 0.25) is 0 Å². The van der Waals surface area contributed by atoms with Crippen molar-refractivity contribution in [3.63, 3.8) is 0 Å². The summed E-state index contributed by atoms with van der Waals surface area (Å²) in [5.41, 5.74) is 6.05. The van der Waals surface area contributed by atoms with Crippen molar-refractivity contribution >= 4 is 17.3 Å². The van der Waals surface area contributed by atoms with Crippen LogP contribution in [-0.4, -0.2) is 62.7 Å². The van der Waals surface area contributed by atoms with Gasteiger partial charge in [0.15, 0.2) is 11.5 Å². The molecule has 1 aliphatic heterocycles. The first-order valence-electron chi connectivity index (χ1n) is 7.21. The van der Waals surface area contributed by atoms with E-state index in [2.05, 4.69) is 19.8 Å². The molecule has 21 heavy (non-hydrogen) atoms. The number of aliphatic hydroxyl groups is 1. The van der Waals surface area contributed by atoms with Crippen LogP contribution >= 0.6 is 0 Å². The van der Waals surface area contributed by atoms with Gasteiger partial charge in [-0.25, -0.2) is 9.97 Å². The zero-order valence-corrected chi connectivity index (χ0v) is 12.5. The van der Waals surface area contributed by atoms with Crippen molar-refractivity contribution in [3.8, 4) is 0 Å². The first kappa shape index (κ1) is 14.1. The molecule has 1 fully saturated rings. The van der Waals surface area contributed by atoms with Crippen molar-refractivity contribution < 1.29 is 5.11 Å². The number of anilines is 2. The van der Waals surface area contributed by atoms with Gasteiger partial charge in [0, 0.05) is 45.1 Å². The van der Waals surface area contributed by atoms with Gasteiger partial charge in [-0.15, -0.1) is 0 Å². The second-order valence-electron chi connectivity index (χ2n) is 6.22. The molecule has 7 heteroatoms. The Labute approximate surface area is 124 Å². The average molecular weight is 290 g/mol. The summed E-state index contributed by atoms with van der Waals surface area (Å²) in [5, 5.41) is 9.91. The van der Waals surface area contributed by atoms with Crippen LogP contribution in [0, 0.1) is 0 Å². The molecule has 3 N–H and O–H groups in total. The van der Waals surface area contributed by atoms with Crippen LogP contribution in [0.5, 0.6) is 0 Å². The van der Waals surface area contributed by atoms with E-state index in [9.17, 15) is 5.11 Å². The third kappa shape index (κ3) is 3.08. The maximum atomic E-state index is 9.91. The number of nitrogen functional groups attached to an aromatic ring is 1. The van der Waals surface area contributed by atoms with Crippen LogP contribution < -0.4 is 10.6 Å². The summed E-state index contributed by atoms with van der Waals surface area (Å²) in [6.07, 6.45) is 5.41. The highest BCUT2D eigenvalue weighted by Gasteiger charge is 2.24. The summed E-state index contributed by atoms with van der Waals surface area (Å²) in [4.78, 5) is 13.3. The molecule has 7 nitrogen and oxygen atoms in total. The Morgan fingerprint density at radius 3 is 2.67 bits per heavy atom. The largest absolute Gasteiger partial charge is 0.389 e. The molecule has 1 saturated heterocycles. The summed E-state index contributed by atoms with van der Waals surface area (Å²) in [6.45, 7) is 7.87. The number of hydrogen-bond acceptors (Lipinski definition) is 6. The quantitative estimate of drug-likeness (QED) is 0.840. The molecule has 0 saturated carbocycles. The van der Waals surface area contributed by atoms with E-state index in [4.69, 9.17) is 5.73 Å². The van der Waals surface area contributed by atoms with E-state index in [-0.39, 0.29) is 0 Å². The molecule has 3 heterocycles. The fourth-order valence-electron chi connectivity index (χ4n) is 2.81. The molecule has 3 rings (SSSR count). The third-order valence-electron chi connectivity index (χ3n) is 3.66. The van der Waals surface area contributed by atoms with Gasteiger partial charge >= 0.3 is 0 Å². The number of imidazole rings is 1. The molecule has 0 atom stereocenters. The fourth-order valence-corrected chi connectivity index (χ4v) is 2.81. The van der Waals surface area contributed by atoms with Crippen LogP contribution in [0.1, 0.15) is 13.8 Å². The van der Waals surface area contributed by atoms with Crippen molar-refractivity contribution in [2.45, 2.75) is 19.4 Å². The van der Waals surface area contributed by atoms with Crippen LogP contribution in [0.15, 0.2) is 18.6 Å². The van der Waals surface area contributed by atoms with Gasteiger partial charge in [-0.1, -0.05) is 0 Å². The highest BCUT2D eigenvalue weighted by Crippen LogP contribution is 2.21. The maximum absolute atomic E-state index is 9.91. The summed E-state index contributed by atoms with van der Waals surface area (Å²) in [6, 6.07) is 0. The smallest absolute Gasteiger partial charge is 0.180 e. The van der Waals surface area contributed by atoms with Crippen LogP contribution in [0.4, 0.5) is 11.6 Å². The summed E-state index contributed by atoms with van der Waals surface area (Å²) >= 11 is 0. The highest BCUT2D eigenvalue weighted by atomic mass is 16.3. The summed E-state index contributed by atoms with van der Waals surface area (Å²) in [7, 11) is 0. The molecule has 0 bridgehead atoms. The molecule has 0 aromatic carbocycles. The van der Waals surface area contributed by atoms with E-state index < -0.39 is 5.60 Å². The minimum atomic E-state index is -0.659. The van der Waals surface area contributed by atoms with Gasteiger partial charge in [0.2, 0.25) is 0 Å². The van der Waals surface area contributed by atoms with E-state index >= 15 is 0 Å². The minimum Gasteiger partial charge on any atom is -0.389 e. The van der Waals surface area contributed by atoms with E-state index in [0.29, 0.717) is 12.4 Å². The third-order valence-corrected chi connectivity index (χ3v) is 3.66. The number of piperazine rings is 1. The van der Waals surface area contributed by atoms with E-state index in [0.717, 1.165) is 37.6 Å². The second-order valence-corrected chi connectivity index (χ2v) is 6.22. The van der Waals surface area contributed by atoms with Gasteiger partial charge in [0.25, 0.3) is 0 Å². The number of rotatable bonds is 3. The lowest BCUT2D eigenvalue weighted by Gasteiger charge is -2.37. The Morgan fingerprint density at radius 1 is 1.29 bits per heavy atom. The molecule has 114 valence electrons. The van der Waals surface area contributed by atoms with Gasteiger partial charge in [-0.3, -0.25) is 4.90 Å². The van der Waals surface area contributed by atoms with Gasteiger partial charge in [0.05, 0.1) is 11.8 Å². The Morgan fingerprint density at radius 2 is 2.00 bits per heavy atom. The van der Waals surface area contributed by atoms with Crippen LogP contribution in [-0.2, 0) is 0 Å². The lowest BCUT2D eigenvalue weighted by atomic mass is 10.1. The molecule has 0 spiro atoms. The molecule has 2 aromatic rings. The first-order valence-corrected chi connectivity index (χ1v) is 7.21. The molecule has 0 amide bonds. The standard InChI is InChI=1S/C14H22N6O/c1-14(2,21)10-18-5-7-19(8-6-18)13-12-16-3-4-20(12)9-11(15)17-13/h3-4,9,21H,5-8,10,15H2,1-2H3. The minimum absolute atomic E-state index is 0.495. The molecule has 1 aliphatic rings. The van der Waals surface area contributed by atoms with Crippen LogP contribution in [0.3, 0.4) is 0 Å². The number of aromatic nitrogens is 3. The Hall–Kier alpha value is -1.86. The number of nitrogens with two attached hydrogens (primary N) is 1. The first-order chi connectivity index (χ1) is 9.92. The summed E-state index contributed by atoms with van der Waals surface area (Å²) in [5.74, 6) is 1.33. The van der Waals surface area contributed by atoms with Crippen LogP contribution in [0.25, 0.3) is 5.65 Å². The average Bonchev–Trinajstić information content (AvgIpc) is 2.85. The SMILES string of the molecule is CC(C)(O)CN1CCN(c2nc(N)cn3ccnc23)CC1. The topological polar surface area (TPSA) is 82.9 Å². The molecular formula is C14H22N6O. The molecule has 0 aliphatic carbocycles. The fraction of sp³-hybridized carbons (Fsp3) is 0.571. The van der Waals surface area contributed by atoms with E-state index in [1.54, 1.807) is 12.4 Å². The molecule has 0 radical (unpaired) electrons. The zero-order valence-electron chi connectivity index (χ0n) is 12.5. The van der Waals surface area contributed by atoms with Crippen molar-refractivity contribution in [3.05, 3.63) is 18.6 Å². The lowest BCUT2D eigenvalue weighted by Crippen LogP contribution is -2.50. The molecule has 0 unspecified atom stereocenters. The number of hydrogen-bond donors (Lipinski definition) is 2. The normalized spacial score (nSPS) is 17.6.